The third kappa shape index (κ3) is 5.76. The van der Waals surface area contributed by atoms with Gasteiger partial charge in [-0.05, 0) is 62.9 Å². The van der Waals surface area contributed by atoms with E-state index in [0.29, 0.717) is 18.6 Å². The summed E-state index contributed by atoms with van der Waals surface area (Å²) in [7, 11) is 4.00. The molecule has 0 radical (unpaired) electrons. The second-order valence-corrected chi connectivity index (χ2v) is 7.95. The summed E-state index contributed by atoms with van der Waals surface area (Å²) in [5.74, 6) is 1.16. The lowest BCUT2D eigenvalue weighted by atomic mass is 9.77. The zero-order valence-electron chi connectivity index (χ0n) is 17.3. The van der Waals surface area contributed by atoms with E-state index in [2.05, 4.69) is 30.3 Å². The minimum atomic E-state index is 0. The third-order valence-corrected chi connectivity index (χ3v) is 6.11. The number of amides is 1. The highest BCUT2D eigenvalue weighted by Crippen LogP contribution is 2.41. The number of benzene rings is 1. The van der Waals surface area contributed by atoms with Gasteiger partial charge in [-0.3, -0.25) is 9.69 Å². The molecule has 0 aromatic heterocycles. The Morgan fingerprint density at radius 1 is 1.29 bits per heavy atom. The molecule has 2 saturated heterocycles. The molecule has 1 aromatic rings. The van der Waals surface area contributed by atoms with Crippen molar-refractivity contribution in [1.82, 2.24) is 15.1 Å². The van der Waals surface area contributed by atoms with E-state index in [1.54, 1.807) is 0 Å². The van der Waals surface area contributed by atoms with Crippen LogP contribution in [0.5, 0.6) is 5.75 Å². The molecule has 0 bridgehead atoms. The van der Waals surface area contributed by atoms with Gasteiger partial charge < -0.3 is 15.0 Å². The number of para-hydroxylation sites is 1. The maximum absolute atomic E-state index is 13.0. The van der Waals surface area contributed by atoms with Crippen LogP contribution in [-0.2, 0) is 11.2 Å². The SMILES string of the molecule is CCc1ccccc1OCCN(C)C(=O)C1CC2(CCNCC2)CN1C.Cl.Cl. The quantitative estimate of drug-likeness (QED) is 0.751. The van der Waals surface area contributed by atoms with Crippen LogP contribution in [0.1, 0.15) is 31.7 Å². The average Bonchev–Trinajstić information content (AvgIpc) is 2.97. The van der Waals surface area contributed by atoms with E-state index in [9.17, 15) is 4.79 Å². The zero-order valence-corrected chi connectivity index (χ0v) is 18.9. The number of carbonyl (C=O) groups is 1. The number of aryl methyl sites for hydroxylation is 1. The van der Waals surface area contributed by atoms with Crippen LogP contribution in [0.15, 0.2) is 24.3 Å². The van der Waals surface area contributed by atoms with E-state index < -0.39 is 0 Å². The predicted molar refractivity (Wildman–Crippen MR) is 119 cm³/mol. The lowest BCUT2D eigenvalue weighted by Crippen LogP contribution is -2.43. The number of hydrogen-bond donors (Lipinski definition) is 1. The standard InChI is InChI=1S/C21H33N3O2.2ClH/c1-4-17-7-5-6-8-19(17)26-14-13-23(2)20(25)18-15-21(16-24(18)3)9-11-22-12-10-21;;/h5-8,18,22H,4,9-16H2,1-3H3;2*1H. The van der Waals surface area contributed by atoms with Crippen molar-refractivity contribution < 1.29 is 9.53 Å². The highest BCUT2D eigenvalue weighted by molar-refractivity contribution is 5.85. The Kier molecular flexibility index (Phi) is 10.1. The molecule has 1 N–H and O–H groups in total. The van der Waals surface area contributed by atoms with Crippen LogP contribution in [0.4, 0.5) is 0 Å². The maximum Gasteiger partial charge on any atom is 0.239 e. The van der Waals surface area contributed by atoms with Gasteiger partial charge in [0.15, 0.2) is 0 Å². The number of nitrogens with one attached hydrogen (secondary N) is 1. The van der Waals surface area contributed by atoms with Crippen LogP contribution in [0.3, 0.4) is 0 Å². The van der Waals surface area contributed by atoms with Crippen molar-refractivity contribution in [3.8, 4) is 5.75 Å². The van der Waals surface area contributed by atoms with Crippen molar-refractivity contribution in [1.29, 1.82) is 0 Å². The minimum absolute atomic E-state index is 0. The van der Waals surface area contributed by atoms with E-state index >= 15 is 0 Å². The summed E-state index contributed by atoms with van der Waals surface area (Å²) in [5.41, 5.74) is 1.54. The van der Waals surface area contributed by atoms with Gasteiger partial charge in [0.2, 0.25) is 5.91 Å². The van der Waals surface area contributed by atoms with Gasteiger partial charge >= 0.3 is 0 Å². The fourth-order valence-electron chi connectivity index (χ4n) is 4.46. The molecule has 1 spiro atoms. The Morgan fingerprint density at radius 3 is 2.64 bits per heavy atom. The Hall–Kier alpha value is -1.01. The molecule has 28 heavy (non-hydrogen) atoms. The van der Waals surface area contributed by atoms with E-state index in [1.165, 1.54) is 18.4 Å². The second-order valence-electron chi connectivity index (χ2n) is 7.95. The fraction of sp³-hybridized carbons (Fsp3) is 0.667. The van der Waals surface area contributed by atoms with Gasteiger partial charge in [0.1, 0.15) is 12.4 Å². The van der Waals surface area contributed by atoms with Crippen molar-refractivity contribution in [2.45, 2.75) is 38.6 Å². The van der Waals surface area contributed by atoms with Crippen molar-refractivity contribution >= 4 is 30.7 Å². The van der Waals surface area contributed by atoms with Crippen LogP contribution in [0, 0.1) is 5.41 Å². The van der Waals surface area contributed by atoms with Crippen molar-refractivity contribution in [2.75, 3.05) is 46.9 Å². The fourth-order valence-corrected chi connectivity index (χ4v) is 4.46. The van der Waals surface area contributed by atoms with Crippen LogP contribution in [0.25, 0.3) is 0 Å². The molecule has 1 unspecified atom stereocenters. The van der Waals surface area contributed by atoms with Gasteiger partial charge in [-0.15, -0.1) is 24.8 Å². The van der Waals surface area contributed by atoms with Crippen molar-refractivity contribution in [2.24, 2.45) is 5.41 Å². The van der Waals surface area contributed by atoms with Crippen LogP contribution in [-0.4, -0.2) is 68.6 Å². The summed E-state index contributed by atoms with van der Waals surface area (Å²) in [4.78, 5) is 17.1. The number of nitrogens with zero attached hydrogens (tertiary/aromatic N) is 2. The molecule has 2 aliphatic heterocycles. The number of carbonyl (C=O) groups excluding carboxylic acids is 1. The highest BCUT2D eigenvalue weighted by Gasteiger charge is 2.46. The van der Waals surface area contributed by atoms with Crippen molar-refractivity contribution in [3.05, 3.63) is 29.8 Å². The monoisotopic (exact) mass is 431 g/mol. The Labute approximate surface area is 182 Å². The molecular formula is C21H35Cl2N3O2. The molecule has 3 rings (SSSR count). The number of likely N-dealkylation sites (tertiary alicyclic amines) is 1. The Balaban J connectivity index is 0.00000196. The molecule has 7 heteroatoms. The van der Waals surface area contributed by atoms with Crippen LogP contribution >= 0.6 is 24.8 Å². The van der Waals surface area contributed by atoms with E-state index in [-0.39, 0.29) is 36.8 Å². The highest BCUT2D eigenvalue weighted by atomic mass is 35.5. The minimum Gasteiger partial charge on any atom is -0.491 e. The average molecular weight is 432 g/mol. The van der Waals surface area contributed by atoms with E-state index in [0.717, 1.165) is 38.2 Å². The molecule has 5 nitrogen and oxygen atoms in total. The van der Waals surface area contributed by atoms with Gasteiger partial charge in [0.25, 0.3) is 0 Å². The molecule has 0 saturated carbocycles. The smallest absolute Gasteiger partial charge is 0.239 e. The summed E-state index contributed by atoms with van der Waals surface area (Å²) < 4.78 is 5.93. The summed E-state index contributed by atoms with van der Waals surface area (Å²) in [6, 6.07) is 8.15. The molecule has 0 aliphatic carbocycles. The second kappa shape index (κ2) is 11.2. The van der Waals surface area contributed by atoms with Gasteiger partial charge in [-0.1, -0.05) is 25.1 Å². The van der Waals surface area contributed by atoms with Crippen LogP contribution < -0.4 is 10.1 Å². The summed E-state index contributed by atoms with van der Waals surface area (Å²) in [6.07, 6.45) is 4.31. The number of piperidine rings is 1. The van der Waals surface area contributed by atoms with Gasteiger partial charge in [-0.25, -0.2) is 0 Å². The summed E-state index contributed by atoms with van der Waals surface area (Å²) in [5, 5.41) is 3.44. The van der Waals surface area contributed by atoms with Gasteiger partial charge in [-0.2, -0.15) is 0 Å². The van der Waals surface area contributed by atoms with E-state index in [4.69, 9.17) is 4.74 Å². The first kappa shape index (κ1) is 25.0. The molecule has 2 fully saturated rings. The first-order valence-corrected chi connectivity index (χ1v) is 9.91. The zero-order chi connectivity index (χ0) is 18.6. The number of likely N-dealkylation sites (N-methyl/N-ethyl adjacent to an activating group) is 2. The number of hydrogen-bond acceptors (Lipinski definition) is 4. The first-order valence-electron chi connectivity index (χ1n) is 9.91. The lowest BCUT2D eigenvalue weighted by molar-refractivity contribution is -0.134. The first-order chi connectivity index (χ1) is 12.5. The summed E-state index contributed by atoms with van der Waals surface area (Å²) >= 11 is 0. The molecular weight excluding hydrogens is 397 g/mol. The molecule has 2 heterocycles. The van der Waals surface area contributed by atoms with Crippen LogP contribution in [0.2, 0.25) is 0 Å². The lowest BCUT2D eigenvalue weighted by Gasteiger charge is -2.33. The molecule has 1 atom stereocenters. The Morgan fingerprint density at radius 2 is 1.96 bits per heavy atom. The van der Waals surface area contributed by atoms with Crippen molar-refractivity contribution in [3.63, 3.8) is 0 Å². The molecule has 1 amide bonds. The molecule has 160 valence electrons. The Bertz CT molecular complexity index is 623. The number of halogens is 2. The van der Waals surface area contributed by atoms with Gasteiger partial charge in [0.05, 0.1) is 12.6 Å². The molecule has 1 aromatic carbocycles. The van der Waals surface area contributed by atoms with Gasteiger partial charge in [0, 0.05) is 13.6 Å². The van der Waals surface area contributed by atoms with E-state index in [1.807, 2.05) is 30.1 Å². The molecule has 2 aliphatic rings. The maximum atomic E-state index is 13.0. The number of rotatable bonds is 6. The topological polar surface area (TPSA) is 44.8 Å². The largest absolute Gasteiger partial charge is 0.491 e. The normalized spacial score (nSPS) is 20.9. The third-order valence-electron chi connectivity index (χ3n) is 6.11. The summed E-state index contributed by atoms with van der Waals surface area (Å²) in [6.45, 7) is 6.48. The number of ether oxygens (including phenoxy) is 1. The predicted octanol–water partition coefficient (Wildman–Crippen LogP) is 3.00.